The fraction of sp³-hybridized carbons (Fsp3) is 0.545. The third-order valence-corrected chi connectivity index (χ3v) is 2.39. The second-order valence-corrected chi connectivity index (χ2v) is 4.45. The van der Waals surface area contributed by atoms with Gasteiger partial charge in [0.2, 0.25) is 5.91 Å². The Morgan fingerprint density at radius 3 is 2.61 bits per heavy atom. The van der Waals surface area contributed by atoms with Gasteiger partial charge < -0.3 is 16.0 Å². The average Bonchev–Trinajstić information content (AvgIpc) is 2.57. The summed E-state index contributed by atoms with van der Waals surface area (Å²) in [6, 6.07) is 0.0458. The smallest absolute Gasteiger partial charge is 0.259 e. The lowest BCUT2D eigenvalue weighted by atomic mass is 10.3. The third-order valence-electron chi connectivity index (χ3n) is 2.39. The van der Waals surface area contributed by atoms with Crippen molar-refractivity contribution < 1.29 is 9.59 Å². The van der Waals surface area contributed by atoms with E-state index in [-0.39, 0.29) is 30.2 Å². The van der Waals surface area contributed by atoms with Gasteiger partial charge in [-0.2, -0.15) is 5.10 Å². The first kappa shape index (κ1) is 14.0. The second-order valence-electron chi connectivity index (χ2n) is 4.45. The highest BCUT2D eigenvalue weighted by molar-refractivity contribution is 5.99. The van der Waals surface area contributed by atoms with Crippen LogP contribution in [0.2, 0.25) is 0 Å². The van der Waals surface area contributed by atoms with Gasteiger partial charge in [-0.15, -0.1) is 0 Å². The van der Waals surface area contributed by atoms with E-state index in [1.54, 1.807) is 14.1 Å². The van der Waals surface area contributed by atoms with Crippen molar-refractivity contribution in [2.75, 3.05) is 19.3 Å². The maximum absolute atomic E-state index is 12.0. The first-order chi connectivity index (χ1) is 8.32. The van der Waals surface area contributed by atoms with Gasteiger partial charge in [-0.25, -0.2) is 0 Å². The van der Waals surface area contributed by atoms with E-state index in [1.807, 2.05) is 13.8 Å². The van der Waals surface area contributed by atoms with Gasteiger partial charge in [0.1, 0.15) is 11.4 Å². The zero-order valence-electron chi connectivity index (χ0n) is 11.1. The van der Waals surface area contributed by atoms with E-state index in [2.05, 4.69) is 10.4 Å². The van der Waals surface area contributed by atoms with Crippen LogP contribution in [0.25, 0.3) is 0 Å². The van der Waals surface area contributed by atoms with Gasteiger partial charge in [0.05, 0.1) is 12.7 Å². The molecular weight excluding hydrogens is 234 g/mol. The number of likely N-dealkylation sites (N-methyl/N-ethyl adjacent to an activating group) is 1. The van der Waals surface area contributed by atoms with Gasteiger partial charge in [0.15, 0.2) is 0 Å². The van der Waals surface area contributed by atoms with Gasteiger partial charge in [-0.1, -0.05) is 0 Å². The third kappa shape index (κ3) is 3.22. The highest BCUT2D eigenvalue weighted by atomic mass is 16.2. The largest absolute Gasteiger partial charge is 0.383 e. The fourth-order valence-electron chi connectivity index (χ4n) is 1.47. The Morgan fingerprint density at radius 2 is 2.17 bits per heavy atom. The van der Waals surface area contributed by atoms with Crippen molar-refractivity contribution in [2.24, 2.45) is 7.05 Å². The normalized spacial score (nSPS) is 10.5. The summed E-state index contributed by atoms with van der Waals surface area (Å²) in [4.78, 5) is 24.9. The summed E-state index contributed by atoms with van der Waals surface area (Å²) in [5.41, 5.74) is 6.01. The molecule has 0 atom stereocenters. The number of nitrogens with zero attached hydrogens (tertiary/aromatic N) is 3. The second kappa shape index (κ2) is 5.52. The molecule has 0 aliphatic rings. The Labute approximate surface area is 106 Å². The molecule has 18 heavy (non-hydrogen) atoms. The molecular formula is C11H19N5O2. The maximum Gasteiger partial charge on any atom is 0.259 e. The number of nitrogen functional groups attached to an aromatic ring is 1. The lowest BCUT2D eigenvalue weighted by Gasteiger charge is -2.17. The van der Waals surface area contributed by atoms with E-state index in [1.165, 1.54) is 15.8 Å². The molecule has 3 N–H and O–H groups in total. The van der Waals surface area contributed by atoms with Crippen LogP contribution in [0, 0.1) is 0 Å². The van der Waals surface area contributed by atoms with Gasteiger partial charge in [0, 0.05) is 20.1 Å². The number of anilines is 1. The average molecular weight is 253 g/mol. The summed E-state index contributed by atoms with van der Waals surface area (Å²) in [5.74, 6) is -0.237. The minimum atomic E-state index is -0.320. The molecule has 0 saturated heterocycles. The molecule has 0 saturated carbocycles. The Morgan fingerprint density at radius 1 is 1.56 bits per heavy atom. The van der Waals surface area contributed by atoms with Crippen LogP contribution in [0.5, 0.6) is 0 Å². The molecule has 0 spiro atoms. The zero-order chi connectivity index (χ0) is 13.9. The summed E-state index contributed by atoms with van der Waals surface area (Å²) >= 11 is 0. The molecule has 1 rings (SSSR count). The number of nitrogens with two attached hydrogens (primary N) is 1. The minimum absolute atomic E-state index is 0.00858. The van der Waals surface area contributed by atoms with Gasteiger partial charge >= 0.3 is 0 Å². The van der Waals surface area contributed by atoms with Crippen LogP contribution >= 0.6 is 0 Å². The lowest BCUT2D eigenvalue weighted by molar-refractivity contribution is -0.122. The molecule has 0 aromatic carbocycles. The van der Waals surface area contributed by atoms with Gasteiger partial charge in [-0.05, 0) is 13.8 Å². The Hall–Kier alpha value is -2.05. The van der Waals surface area contributed by atoms with Crippen LogP contribution in [0.4, 0.5) is 5.82 Å². The summed E-state index contributed by atoms with van der Waals surface area (Å²) in [6.07, 6.45) is 1.40. The number of aromatic nitrogens is 2. The molecule has 0 radical (unpaired) electrons. The summed E-state index contributed by atoms with van der Waals surface area (Å²) in [5, 5.41) is 6.61. The lowest BCUT2D eigenvalue weighted by Crippen LogP contribution is -2.40. The van der Waals surface area contributed by atoms with Crippen molar-refractivity contribution in [3.05, 3.63) is 11.8 Å². The van der Waals surface area contributed by atoms with Crippen molar-refractivity contribution in [1.29, 1.82) is 0 Å². The molecule has 0 aliphatic carbocycles. The van der Waals surface area contributed by atoms with Crippen LogP contribution < -0.4 is 11.1 Å². The van der Waals surface area contributed by atoms with E-state index in [0.29, 0.717) is 5.56 Å². The number of aryl methyl sites for hydroxylation is 1. The molecule has 2 amide bonds. The molecule has 7 heteroatoms. The van der Waals surface area contributed by atoms with Crippen LogP contribution in [-0.4, -0.2) is 46.1 Å². The zero-order valence-corrected chi connectivity index (χ0v) is 11.1. The highest BCUT2D eigenvalue weighted by Crippen LogP contribution is 2.11. The van der Waals surface area contributed by atoms with E-state index in [4.69, 9.17) is 5.73 Å². The Kier molecular flexibility index (Phi) is 4.30. The predicted octanol–water partition coefficient (Wildman–Crippen LogP) is -0.401. The van der Waals surface area contributed by atoms with Crippen LogP contribution in [0.3, 0.4) is 0 Å². The van der Waals surface area contributed by atoms with Crippen molar-refractivity contribution in [1.82, 2.24) is 20.0 Å². The monoisotopic (exact) mass is 253 g/mol. The van der Waals surface area contributed by atoms with E-state index >= 15 is 0 Å². The van der Waals surface area contributed by atoms with Crippen molar-refractivity contribution in [3.63, 3.8) is 0 Å². The van der Waals surface area contributed by atoms with Crippen molar-refractivity contribution in [3.8, 4) is 0 Å². The molecule has 0 fully saturated rings. The highest BCUT2D eigenvalue weighted by Gasteiger charge is 2.19. The van der Waals surface area contributed by atoms with Gasteiger partial charge in [-0.3, -0.25) is 14.3 Å². The molecule has 0 aliphatic heterocycles. The SMILES string of the molecule is CC(C)NC(=O)CN(C)C(=O)c1cnn(C)c1N. The molecule has 1 heterocycles. The molecule has 100 valence electrons. The standard InChI is InChI=1S/C11H19N5O2/c1-7(2)14-9(17)6-15(3)11(18)8-5-13-16(4)10(8)12/h5,7H,6,12H2,1-4H3,(H,14,17). The molecule has 0 unspecified atom stereocenters. The Balaban J connectivity index is 2.67. The van der Waals surface area contributed by atoms with Crippen molar-refractivity contribution >= 4 is 17.6 Å². The summed E-state index contributed by atoms with van der Waals surface area (Å²) in [7, 11) is 3.20. The van der Waals surface area contributed by atoms with Crippen molar-refractivity contribution in [2.45, 2.75) is 19.9 Å². The number of carbonyl (C=O) groups excluding carboxylic acids is 2. The number of hydrogen-bond acceptors (Lipinski definition) is 4. The predicted molar refractivity (Wildman–Crippen MR) is 67.9 cm³/mol. The number of rotatable bonds is 4. The number of hydrogen-bond donors (Lipinski definition) is 2. The van der Waals surface area contributed by atoms with Gasteiger partial charge in [0.25, 0.3) is 5.91 Å². The number of carbonyl (C=O) groups is 2. The Bertz CT molecular complexity index is 452. The summed E-state index contributed by atoms with van der Waals surface area (Å²) < 4.78 is 1.41. The van der Waals surface area contributed by atoms with E-state index in [9.17, 15) is 9.59 Å². The van der Waals surface area contributed by atoms with Crippen LogP contribution in [0.1, 0.15) is 24.2 Å². The topological polar surface area (TPSA) is 93.2 Å². The maximum atomic E-state index is 12.0. The quantitative estimate of drug-likeness (QED) is 0.763. The summed E-state index contributed by atoms with van der Waals surface area (Å²) in [6.45, 7) is 3.71. The van der Waals surface area contributed by atoms with E-state index in [0.717, 1.165) is 0 Å². The number of amides is 2. The molecule has 0 bridgehead atoms. The fourth-order valence-corrected chi connectivity index (χ4v) is 1.47. The van der Waals surface area contributed by atoms with Crippen LogP contribution in [-0.2, 0) is 11.8 Å². The number of nitrogens with one attached hydrogen (secondary N) is 1. The molecule has 1 aromatic heterocycles. The van der Waals surface area contributed by atoms with E-state index < -0.39 is 0 Å². The first-order valence-electron chi connectivity index (χ1n) is 5.65. The van der Waals surface area contributed by atoms with Crippen LogP contribution in [0.15, 0.2) is 6.20 Å². The first-order valence-corrected chi connectivity index (χ1v) is 5.65. The minimum Gasteiger partial charge on any atom is -0.383 e. The molecule has 1 aromatic rings. The molecule has 7 nitrogen and oxygen atoms in total.